The average molecular weight is 277 g/mol. The zero-order valence-electron chi connectivity index (χ0n) is 9.87. The summed E-state index contributed by atoms with van der Waals surface area (Å²) >= 11 is 1.02. The van der Waals surface area contributed by atoms with Crippen LogP contribution in [0.25, 0.3) is 0 Å². The van der Waals surface area contributed by atoms with E-state index in [-0.39, 0.29) is 16.6 Å². The highest BCUT2D eigenvalue weighted by atomic mass is 32.1. The van der Waals surface area contributed by atoms with Crippen LogP contribution in [-0.2, 0) is 6.42 Å². The van der Waals surface area contributed by atoms with Crippen LogP contribution in [0.4, 0.5) is 0 Å². The summed E-state index contributed by atoms with van der Waals surface area (Å²) in [6, 6.07) is 3.75. The Bertz CT molecular complexity index is 583. The number of carboxylic acids is 1. The van der Waals surface area contributed by atoms with Crippen molar-refractivity contribution in [3.63, 3.8) is 0 Å². The lowest BCUT2D eigenvalue weighted by Gasteiger charge is -2.02. The van der Waals surface area contributed by atoms with Crippen molar-refractivity contribution in [2.24, 2.45) is 0 Å². The molecule has 0 saturated carbocycles. The van der Waals surface area contributed by atoms with Crippen LogP contribution in [0.5, 0.6) is 0 Å². The number of carbonyl (C=O) groups excluding carboxylic acids is 1. The zero-order chi connectivity index (χ0) is 13.7. The van der Waals surface area contributed by atoms with Gasteiger partial charge in [0.15, 0.2) is 10.7 Å². The summed E-state index contributed by atoms with van der Waals surface area (Å²) in [5.74, 6) is -1.49. The van der Waals surface area contributed by atoms with E-state index in [1.54, 1.807) is 12.4 Å². The number of hydrogen-bond donors (Lipinski definition) is 2. The molecule has 2 N–H and O–H groups in total. The fourth-order valence-electron chi connectivity index (χ4n) is 1.42. The Kier molecular flexibility index (Phi) is 4.19. The highest BCUT2D eigenvalue weighted by Gasteiger charge is 2.13. The molecule has 2 aromatic rings. The summed E-state index contributed by atoms with van der Waals surface area (Å²) in [5.41, 5.74) is 0.963. The molecule has 7 heteroatoms. The molecule has 0 atom stereocenters. The lowest BCUT2D eigenvalue weighted by Crippen LogP contribution is -2.25. The number of aromatic carboxylic acids is 1. The lowest BCUT2D eigenvalue weighted by molar-refractivity contribution is 0.0691. The van der Waals surface area contributed by atoms with Crippen molar-refractivity contribution in [1.29, 1.82) is 0 Å². The van der Waals surface area contributed by atoms with Gasteiger partial charge in [-0.15, -0.1) is 11.3 Å². The molecular weight excluding hydrogens is 266 g/mol. The van der Waals surface area contributed by atoms with Gasteiger partial charge >= 0.3 is 5.97 Å². The first-order valence-electron chi connectivity index (χ1n) is 5.53. The van der Waals surface area contributed by atoms with Gasteiger partial charge < -0.3 is 10.4 Å². The third kappa shape index (κ3) is 3.59. The first kappa shape index (κ1) is 13.2. The van der Waals surface area contributed by atoms with Crippen LogP contribution >= 0.6 is 11.3 Å². The number of amides is 1. The smallest absolute Gasteiger partial charge is 0.355 e. The molecule has 0 spiro atoms. The van der Waals surface area contributed by atoms with E-state index in [0.29, 0.717) is 13.0 Å². The number of nitrogens with zero attached hydrogens (tertiary/aromatic N) is 2. The van der Waals surface area contributed by atoms with E-state index < -0.39 is 5.97 Å². The molecule has 1 amide bonds. The van der Waals surface area contributed by atoms with Gasteiger partial charge in [0.05, 0.1) is 0 Å². The van der Waals surface area contributed by atoms with Gasteiger partial charge in [-0.05, 0) is 24.1 Å². The van der Waals surface area contributed by atoms with Crippen LogP contribution in [-0.4, -0.2) is 33.5 Å². The SMILES string of the molecule is O=C(O)c1csc(C(=O)NCCc2ccncc2)n1. The third-order valence-corrected chi connectivity index (χ3v) is 3.21. The van der Waals surface area contributed by atoms with Gasteiger partial charge in [-0.25, -0.2) is 9.78 Å². The minimum Gasteiger partial charge on any atom is -0.476 e. The van der Waals surface area contributed by atoms with Crippen LogP contribution in [0, 0.1) is 0 Å². The van der Waals surface area contributed by atoms with E-state index in [0.717, 1.165) is 16.9 Å². The standard InChI is InChI=1S/C12H11N3O3S/c16-10(11-15-9(7-19-11)12(17)18)14-6-3-8-1-4-13-5-2-8/h1-2,4-5,7H,3,6H2,(H,14,16)(H,17,18). The van der Waals surface area contributed by atoms with E-state index in [1.165, 1.54) is 5.38 Å². The summed E-state index contributed by atoms with van der Waals surface area (Å²) in [5, 5.41) is 12.9. The third-order valence-electron chi connectivity index (χ3n) is 2.37. The summed E-state index contributed by atoms with van der Waals surface area (Å²) in [4.78, 5) is 30.0. The van der Waals surface area contributed by atoms with Gasteiger partial charge in [0.1, 0.15) is 0 Å². The first-order valence-corrected chi connectivity index (χ1v) is 6.40. The van der Waals surface area contributed by atoms with Crippen molar-refractivity contribution >= 4 is 23.2 Å². The van der Waals surface area contributed by atoms with Crippen molar-refractivity contribution in [3.8, 4) is 0 Å². The molecule has 0 saturated heterocycles. The highest BCUT2D eigenvalue weighted by molar-refractivity contribution is 7.11. The largest absolute Gasteiger partial charge is 0.476 e. The molecule has 2 heterocycles. The Balaban J connectivity index is 1.85. The number of carboxylic acid groups (broad SMARTS) is 1. The molecular formula is C12H11N3O3S. The van der Waals surface area contributed by atoms with E-state index in [4.69, 9.17) is 5.11 Å². The Morgan fingerprint density at radius 1 is 1.32 bits per heavy atom. The molecule has 0 fully saturated rings. The number of nitrogens with one attached hydrogen (secondary N) is 1. The monoisotopic (exact) mass is 277 g/mol. The van der Waals surface area contributed by atoms with Crippen molar-refractivity contribution in [1.82, 2.24) is 15.3 Å². The lowest BCUT2D eigenvalue weighted by atomic mass is 10.2. The quantitative estimate of drug-likeness (QED) is 0.857. The summed E-state index contributed by atoms with van der Waals surface area (Å²) in [6.07, 6.45) is 4.07. The number of hydrogen-bond acceptors (Lipinski definition) is 5. The summed E-state index contributed by atoms with van der Waals surface area (Å²) in [7, 11) is 0. The molecule has 2 aromatic heterocycles. The molecule has 0 bridgehead atoms. The molecule has 0 unspecified atom stereocenters. The van der Waals surface area contributed by atoms with Crippen molar-refractivity contribution in [2.45, 2.75) is 6.42 Å². The van der Waals surface area contributed by atoms with Gasteiger partial charge in [0.2, 0.25) is 0 Å². The van der Waals surface area contributed by atoms with Crippen LogP contribution in [0.3, 0.4) is 0 Å². The number of carbonyl (C=O) groups is 2. The first-order chi connectivity index (χ1) is 9.16. The van der Waals surface area contributed by atoms with Gasteiger partial charge in [-0.1, -0.05) is 0 Å². The molecule has 0 aromatic carbocycles. The second kappa shape index (κ2) is 6.05. The van der Waals surface area contributed by atoms with E-state index in [1.807, 2.05) is 12.1 Å². The Morgan fingerprint density at radius 2 is 2.05 bits per heavy atom. The average Bonchev–Trinajstić information content (AvgIpc) is 2.89. The molecule has 0 aliphatic carbocycles. The van der Waals surface area contributed by atoms with Gasteiger partial charge in [-0.3, -0.25) is 9.78 Å². The topological polar surface area (TPSA) is 92.2 Å². The minimum absolute atomic E-state index is 0.107. The Morgan fingerprint density at radius 3 is 2.68 bits per heavy atom. The van der Waals surface area contributed by atoms with E-state index in [2.05, 4.69) is 15.3 Å². The molecule has 0 radical (unpaired) electrons. The van der Waals surface area contributed by atoms with Crippen LogP contribution in [0.2, 0.25) is 0 Å². The zero-order valence-corrected chi connectivity index (χ0v) is 10.7. The maximum Gasteiger partial charge on any atom is 0.355 e. The van der Waals surface area contributed by atoms with Crippen molar-refractivity contribution < 1.29 is 14.7 Å². The number of aromatic nitrogens is 2. The number of pyridine rings is 1. The molecule has 2 rings (SSSR count). The minimum atomic E-state index is -1.13. The highest BCUT2D eigenvalue weighted by Crippen LogP contribution is 2.09. The van der Waals surface area contributed by atoms with Gasteiger partial charge in [0, 0.05) is 24.3 Å². The van der Waals surface area contributed by atoms with Gasteiger partial charge in [-0.2, -0.15) is 0 Å². The second-order valence-corrected chi connectivity index (χ2v) is 4.56. The second-order valence-electron chi connectivity index (χ2n) is 3.70. The molecule has 0 aliphatic heterocycles. The van der Waals surface area contributed by atoms with Crippen LogP contribution in [0.1, 0.15) is 25.9 Å². The fourth-order valence-corrected chi connectivity index (χ4v) is 2.13. The number of rotatable bonds is 5. The Hall–Kier alpha value is -2.28. The molecule has 6 nitrogen and oxygen atoms in total. The molecule has 0 aliphatic rings. The number of thiazole rings is 1. The fraction of sp³-hybridized carbons (Fsp3) is 0.167. The van der Waals surface area contributed by atoms with Gasteiger partial charge in [0.25, 0.3) is 5.91 Å². The van der Waals surface area contributed by atoms with Crippen molar-refractivity contribution in [3.05, 3.63) is 46.2 Å². The molecule has 19 heavy (non-hydrogen) atoms. The maximum absolute atomic E-state index is 11.7. The van der Waals surface area contributed by atoms with E-state index in [9.17, 15) is 9.59 Å². The van der Waals surface area contributed by atoms with Crippen LogP contribution in [0.15, 0.2) is 29.9 Å². The van der Waals surface area contributed by atoms with Crippen LogP contribution < -0.4 is 5.32 Å². The van der Waals surface area contributed by atoms with E-state index >= 15 is 0 Å². The summed E-state index contributed by atoms with van der Waals surface area (Å²) in [6.45, 7) is 0.463. The normalized spacial score (nSPS) is 10.1. The maximum atomic E-state index is 11.7. The Labute approximate surface area is 113 Å². The van der Waals surface area contributed by atoms with Crippen molar-refractivity contribution in [2.75, 3.05) is 6.54 Å². The predicted molar refractivity (Wildman–Crippen MR) is 69.3 cm³/mol. The summed E-state index contributed by atoms with van der Waals surface area (Å²) < 4.78 is 0. The predicted octanol–water partition coefficient (Wildman–Crippen LogP) is 1.21. The molecule has 98 valence electrons.